The first kappa shape index (κ1) is 19.3. The van der Waals surface area contributed by atoms with Gasteiger partial charge in [-0.2, -0.15) is 0 Å². The van der Waals surface area contributed by atoms with Crippen LogP contribution in [0.2, 0.25) is 0 Å². The third-order valence-electron chi connectivity index (χ3n) is 3.53. The van der Waals surface area contributed by atoms with Crippen LogP contribution < -0.4 is 10.6 Å². The summed E-state index contributed by atoms with van der Waals surface area (Å²) in [4.78, 5) is 12.1. The second-order valence-electron chi connectivity index (χ2n) is 5.55. The van der Waals surface area contributed by atoms with Gasteiger partial charge in [-0.3, -0.25) is 4.79 Å². The molecule has 2 heterocycles. The lowest BCUT2D eigenvalue weighted by molar-refractivity contribution is -0.119. The molecule has 0 bridgehead atoms. The fraction of sp³-hybridized carbons (Fsp3) is 0.235. The summed E-state index contributed by atoms with van der Waals surface area (Å²) in [7, 11) is 0. The third kappa shape index (κ3) is 5.51. The summed E-state index contributed by atoms with van der Waals surface area (Å²) in [6.07, 6.45) is 1.59. The van der Waals surface area contributed by atoms with Crippen LogP contribution in [0.5, 0.6) is 0 Å². The van der Waals surface area contributed by atoms with Crippen LogP contribution in [0.1, 0.15) is 24.3 Å². The molecule has 0 aliphatic carbocycles. The van der Waals surface area contributed by atoms with E-state index < -0.39 is 17.7 Å². The standard InChI is InChI=1S/C17H16F2N4O2S2/c1-10(13-5-4-11(18)7-14(13)19)21-15(24)9-26-17-23-22-16(27-17)20-8-12-3-2-6-25-12/h2-7,10H,8-9H2,1H3,(H,20,22)(H,21,24)/t10-/m1/s1. The number of amides is 1. The van der Waals surface area contributed by atoms with Crippen molar-refractivity contribution in [1.29, 1.82) is 0 Å². The summed E-state index contributed by atoms with van der Waals surface area (Å²) in [6.45, 7) is 2.13. The van der Waals surface area contributed by atoms with Crippen LogP contribution in [0.25, 0.3) is 0 Å². The monoisotopic (exact) mass is 410 g/mol. The van der Waals surface area contributed by atoms with E-state index in [4.69, 9.17) is 4.42 Å². The van der Waals surface area contributed by atoms with E-state index in [9.17, 15) is 13.6 Å². The molecule has 27 heavy (non-hydrogen) atoms. The fourth-order valence-electron chi connectivity index (χ4n) is 2.26. The molecule has 1 amide bonds. The highest BCUT2D eigenvalue weighted by atomic mass is 32.2. The highest BCUT2D eigenvalue weighted by molar-refractivity contribution is 8.01. The lowest BCUT2D eigenvalue weighted by Crippen LogP contribution is -2.28. The van der Waals surface area contributed by atoms with Gasteiger partial charge in [0.15, 0.2) is 4.34 Å². The SMILES string of the molecule is C[C@@H](NC(=O)CSc1nnc(NCc2ccco2)s1)c1ccc(F)cc1F. The maximum atomic E-state index is 13.8. The van der Waals surface area contributed by atoms with Gasteiger partial charge in [-0.25, -0.2) is 8.78 Å². The molecule has 3 aromatic rings. The summed E-state index contributed by atoms with van der Waals surface area (Å²) < 4.78 is 32.6. The van der Waals surface area contributed by atoms with Gasteiger partial charge < -0.3 is 15.1 Å². The van der Waals surface area contributed by atoms with E-state index in [0.717, 1.165) is 17.9 Å². The zero-order valence-electron chi connectivity index (χ0n) is 14.2. The van der Waals surface area contributed by atoms with E-state index in [1.807, 2.05) is 6.07 Å². The second-order valence-corrected chi connectivity index (χ2v) is 7.75. The lowest BCUT2D eigenvalue weighted by Gasteiger charge is -2.14. The van der Waals surface area contributed by atoms with Crippen LogP contribution in [0.15, 0.2) is 45.4 Å². The molecule has 0 aliphatic heterocycles. The second kappa shape index (κ2) is 8.96. The molecule has 6 nitrogen and oxygen atoms in total. The summed E-state index contributed by atoms with van der Waals surface area (Å²) >= 11 is 2.55. The van der Waals surface area contributed by atoms with Crippen LogP contribution >= 0.6 is 23.1 Å². The molecule has 142 valence electrons. The first-order valence-corrected chi connectivity index (χ1v) is 9.78. The molecule has 0 aliphatic rings. The Kier molecular flexibility index (Phi) is 6.40. The van der Waals surface area contributed by atoms with E-state index in [1.165, 1.54) is 29.2 Å². The first-order chi connectivity index (χ1) is 13.0. The van der Waals surface area contributed by atoms with Crippen molar-refractivity contribution in [3.05, 3.63) is 59.6 Å². The van der Waals surface area contributed by atoms with Crippen molar-refractivity contribution in [2.75, 3.05) is 11.1 Å². The highest BCUT2D eigenvalue weighted by Gasteiger charge is 2.15. The number of halogens is 2. The molecular formula is C17H16F2N4O2S2. The first-order valence-electron chi connectivity index (χ1n) is 7.98. The molecule has 10 heteroatoms. The fourth-order valence-corrected chi connectivity index (χ4v) is 3.82. The Hall–Kier alpha value is -2.46. The van der Waals surface area contributed by atoms with Gasteiger partial charge in [0, 0.05) is 11.6 Å². The number of thioether (sulfide) groups is 1. The molecule has 0 unspecified atom stereocenters. The Balaban J connectivity index is 1.46. The van der Waals surface area contributed by atoms with Gasteiger partial charge in [-0.15, -0.1) is 10.2 Å². The number of anilines is 1. The Labute approximate surface area is 162 Å². The smallest absolute Gasteiger partial charge is 0.230 e. The Morgan fingerprint density at radius 2 is 2.19 bits per heavy atom. The van der Waals surface area contributed by atoms with Crippen molar-refractivity contribution in [3.8, 4) is 0 Å². The molecular weight excluding hydrogens is 394 g/mol. The number of carbonyl (C=O) groups is 1. The van der Waals surface area contributed by atoms with Crippen molar-refractivity contribution in [2.45, 2.75) is 23.8 Å². The van der Waals surface area contributed by atoms with Gasteiger partial charge in [-0.05, 0) is 25.1 Å². The molecule has 0 fully saturated rings. The highest BCUT2D eigenvalue weighted by Crippen LogP contribution is 2.26. The predicted octanol–water partition coefficient (Wildman–Crippen LogP) is 3.99. The van der Waals surface area contributed by atoms with Gasteiger partial charge in [0.1, 0.15) is 17.4 Å². The van der Waals surface area contributed by atoms with Crippen molar-refractivity contribution in [1.82, 2.24) is 15.5 Å². The lowest BCUT2D eigenvalue weighted by atomic mass is 10.1. The Bertz CT molecular complexity index is 902. The summed E-state index contributed by atoms with van der Waals surface area (Å²) in [5.74, 6) is -0.734. The molecule has 0 saturated carbocycles. The normalized spacial score (nSPS) is 12.0. The minimum atomic E-state index is -0.688. The number of carbonyl (C=O) groups excluding carboxylic acids is 1. The molecule has 2 N–H and O–H groups in total. The van der Waals surface area contributed by atoms with Gasteiger partial charge in [0.25, 0.3) is 0 Å². The van der Waals surface area contributed by atoms with Crippen molar-refractivity contribution in [2.24, 2.45) is 0 Å². The average Bonchev–Trinajstić information content (AvgIpc) is 3.29. The molecule has 3 rings (SSSR count). The quantitative estimate of drug-likeness (QED) is 0.547. The van der Waals surface area contributed by atoms with Crippen LogP contribution in [0.3, 0.4) is 0 Å². The maximum absolute atomic E-state index is 13.8. The molecule has 1 atom stereocenters. The van der Waals surface area contributed by atoms with Gasteiger partial charge in [0.2, 0.25) is 11.0 Å². The number of rotatable bonds is 8. The predicted molar refractivity (Wildman–Crippen MR) is 99.6 cm³/mol. The minimum Gasteiger partial charge on any atom is -0.467 e. The van der Waals surface area contributed by atoms with Crippen LogP contribution in [0, 0.1) is 11.6 Å². The topological polar surface area (TPSA) is 80.0 Å². The summed E-state index contributed by atoms with van der Waals surface area (Å²) in [5, 5.41) is 14.4. The Morgan fingerprint density at radius 3 is 2.93 bits per heavy atom. The Morgan fingerprint density at radius 1 is 1.33 bits per heavy atom. The summed E-state index contributed by atoms with van der Waals surface area (Å²) in [5.41, 5.74) is 0.232. The van der Waals surface area contributed by atoms with E-state index in [0.29, 0.717) is 16.0 Å². The van der Waals surface area contributed by atoms with Gasteiger partial charge in [-0.1, -0.05) is 29.2 Å². The maximum Gasteiger partial charge on any atom is 0.230 e. The van der Waals surface area contributed by atoms with Crippen molar-refractivity contribution in [3.63, 3.8) is 0 Å². The van der Waals surface area contributed by atoms with Crippen molar-refractivity contribution >= 4 is 34.1 Å². The van der Waals surface area contributed by atoms with Crippen molar-refractivity contribution < 1.29 is 18.0 Å². The zero-order valence-corrected chi connectivity index (χ0v) is 15.9. The zero-order chi connectivity index (χ0) is 19.2. The molecule has 0 spiro atoms. The number of benzene rings is 1. The third-order valence-corrected chi connectivity index (χ3v) is 5.55. The van der Waals surface area contributed by atoms with Crippen LogP contribution in [-0.4, -0.2) is 21.9 Å². The van der Waals surface area contributed by atoms with E-state index in [2.05, 4.69) is 20.8 Å². The van der Waals surface area contributed by atoms with E-state index in [1.54, 1.807) is 19.3 Å². The number of hydrogen-bond donors (Lipinski definition) is 2. The number of aromatic nitrogens is 2. The number of furan rings is 1. The van der Waals surface area contributed by atoms with E-state index >= 15 is 0 Å². The molecule has 2 aromatic heterocycles. The average molecular weight is 410 g/mol. The molecule has 0 saturated heterocycles. The van der Waals surface area contributed by atoms with Gasteiger partial charge in [0.05, 0.1) is 24.6 Å². The largest absolute Gasteiger partial charge is 0.467 e. The van der Waals surface area contributed by atoms with Crippen LogP contribution in [0.4, 0.5) is 13.9 Å². The number of nitrogens with one attached hydrogen (secondary N) is 2. The molecule has 1 aromatic carbocycles. The van der Waals surface area contributed by atoms with E-state index in [-0.39, 0.29) is 17.2 Å². The van der Waals surface area contributed by atoms with Gasteiger partial charge >= 0.3 is 0 Å². The molecule has 0 radical (unpaired) electrons. The van der Waals surface area contributed by atoms with Crippen LogP contribution in [-0.2, 0) is 11.3 Å². The minimum absolute atomic E-state index is 0.111. The summed E-state index contributed by atoms with van der Waals surface area (Å²) in [6, 6.07) is 6.36. The number of nitrogens with zero attached hydrogens (tertiary/aromatic N) is 2. The number of hydrogen-bond acceptors (Lipinski definition) is 7.